The van der Waals surface area contributed by atoms with Crippen LogP contribution < -0.4 is 0 Å². The molecule has 1 aliphatic heterocycles. The zero-order valence-corrected chi connectivity index (χ0v) is 11.4. The number of carbonyl (C=O) groups excluding carboxylic acids is 1. The molecule has 0 N–H and O–H groups in total. The zero-order valence-electron chi connectivity index (χ0n) is 10.6. The SMILES string of the molecule is C[C@H](OCC(F)(F)F)C(=O)N(C)[C@H]1CCS(=O)(=O)C1. The van der Waals surface area contributed by atoms with E-state index < -0.39 is 40.7 Å². The van der Waals surface area contributed by atoms with Crippen molar-refractivity contribution < 1.29 is 31.1 Å². The number of halogens is 3. The van der Waals surface area contributed by atoms with Gasteiger partial charge in [0.15, 0.2) is 9.84 Å². The molecular weight excluding hydrogens is 287 g/mol. The van der Waals surface area contributed by atoms with Crippen LogP contribution in [0.4, 0.5) is 13.2 Å². The summed E-state index contributed by atoms with van der Waals surface area (Å²) in [4.78, 5) is 13.0. The molecule has 5 nitrogen and oxygen atoms in total. The summed E-state index contributed by atoms with van der Waals surface area (Å²) in [5.41, 5.74) is 0. The highest BCUT2D eigenvalue weighted by Gasteiger charge is 2.35. The van der Waals surface area contributed by atoms with Gasteiger partial charge in [0.25, 0.3) is 5.91 Å². The number of hydrogen-bond acceptors (Lipinski definition) is 4. The van der Waals surface area contributed by atoms with Gasteiger partial charge in [0.1, 0.15) is 12.7 Å². The van der Waals surface area contributed by atoms with E-state index in [1.165, 1.54) is 14.0 Å². The van der Waals surface area contributed by atoms with E-state index in [1.807, 2.05) is 0 Å². The molecule has 1 amide bonds. The molecule has 1 rings (SSSR count). The molecule has 0 aromatic rings. The van der Waals surface area contributed by atoms with Crippen LogP contribution in [-0.2, 0) is 19.4 Å². The fourth-order valence-electron chi connectivity index (χ4n) is 1.84. The van der Waals surface area contributed by atoms with Crippen molar-refractivity contribution in [2.24, 2.45) is 0 Å². The molecule has 0 spiro atoms. The molecule has 1 aliphatic rings. The van der Waals surface area contributed by atoms with E-state index in [2.05, 4.69) is 4.74 Å². The molecule has 0 aliphatic carbocycles. The number of likely N-dealkylation sites (N-methyl/N-ethyl adjacent to an activating group) is 1. The summed E-state index contributed by atoms with van der Waals surface area (Å²) >= 11 is 0. The number of alkyl halides is 3. The predicted molar refractivity (Wildman–Crippen MR) is 61.3 cm³/mol. The van der Waals surface area contributed by atoms with Gasteiger partial charge < -0.3 is 9.64 Å². The Bertz CT molecular complexity index is 435. The highest BCUT2D eigenvalue weighted by atomic mass is 32.2. The Morgan fingerprint density at radius 1 is 1.47 bits per heavy atom. The van der Waals surface area contributed by atoms with Crippen LogP contribution in [0.2, 0.25) is 0 Å². The average molecular weight is 303 g/mol. The minimum absolute atomic E-state index is 0.00687. The molecule has 9 heteroatoms. The van der Waals surface area contributed by atoms with Gasteiger partial charge in [-0.3, -0.25) is 4.79 Å². The van der Waals surface area contributed by atoms with Crippen molar-refractivity contribution in [1.29, 1.82) is 0 Å². The normalized spacial score (nSPS) is 24.2. The molecule has 1 saturated heterocycles. The average Bonchev–Trinajstić information content (AvgIpc) is 2.63. The summed E-state index contributed by atoms with van der Waals surface area (Å²) in [5, 5.41) is 0. The topological polar surface area (TPSA) is 63.7 Å². The highest BCUT2D eigenvalue weighted by molar-refractivity contribution is 7.91. The molecule has 1 heterocycles. The molecule has 1 fully saturated rings. The van der Waals surface area contributed by atoms with Crippen molar-refractivity contribution in [2.45, 2.75) is 31.7 Å². The monoisotopic (exact) mass is 303 g/mol. The van der Waals surface area contributed by atoms with Gasteiger partial charge in [-0.05, 0) is 13.3 Å². The number of sulfone groups is 1. The van der Waals surface area contributed by atoms with E-state index in [-0.39, 0.29) is 11.5 Å². The predicted octanol–water partition coefficient (Wildman–Crippen LogP) is 0.599. The van der Waals surface area contributed by atoms with E-state index in [4.69, 9.17) is 0 Å². The minimum atomic E-state index is -4.50. The molecule has 0 unspecified atom stereocenters. The molecule has 0 aromatic carbocycles. The van der Waals surface area contributed by atoms with Gasteiger partial charge in [0.2, 0.25) is 0 Å². The highest BCUT2D eigenvalue weighted by Crippen LogP contribution is 2.19. The van der Waals surface area contributed by atoms with Crippen LogP contribution >= 0.6 is 0 Å². The zero-order chi connectivity index (χ0) is 14.8. The first-order chi connectivity index (χ1) is 8.52. The Labute approximate surface area is 109 Å². The summed E-state index contributed by atoms with van der Waals surface area (Å²) < 4.78 is 62.9. The van der Waals surface area contributed by atoms with Crippen LogP contribution in [0.3, 0.4) is 0 Å². The lowest BCUT2D eigenvalue weighted by atomic mass is 10.2. The number of ether oxygens (including phenoxy) is 1. The van der Waals surface area contributed by atoms with Crippen molar-refractivity contribution in [2.75, 3.05) is 25.2 Å². The maximum atomic E-state index is 12.0. The van der Waals surface area contributed by atoms with Gasteiger partial charge in [-0.25, -0.2) is 8.42 Å². The third kappa shape index (κ3) is 4.98. The third-order valence-electron chi connectivity index (χ3n) is 2.95. The molecule has 0 aromatic heterocycles. The lowest BCUT2D eigenvalue weighted by Gasteiger charge is -2.26. The minimum Gasteiger partial charge on any atom is -0.359 e. The van der Waals surface area contributed by atoms with Gasteiger partial charge in [0.05, 0.1) is 11.5 Å². The molecule has 19 heavy (non-hydrogen) atoms. The summed E-state index contributed by atoms with van der Waals surface area (Å²) in [6.07, 6.45) is -5.45. The largest absolute Gasteiger partial charge is 0.411 e. The van der Waals surface area contributed by atoms with Crippen molar-refractivity contribution in [3.8, 4) is 0 Å². The Hall–Kier alpha value is -0.830. The van der Waals surface area contributed by atoms with E-state index in [9.17, 15) is 26.4 Å². The maximum absolute atomic E-state index is 12.0. The number of amides is 1. The lowest BCUT2D eigenvalue weighted by molar-refractivity contribution is -0.188. The second-order valence-electron chi connectivity index (χ2n) is 4.57. The first kappa shape index (κ1) is 16.2. The first-order valence-corrected chi connectivity index (χ1v) is 7.49. The van der Waals surface area contributed by atoms with Gasteiger partial charge in [-0.2, -0.15) is 13.2 Å². The smallest absolute Gasteiger partial charge is 0.359 e. The van der Waals surface area contributed by atoms with Crippen LogP contribution in [0.1, 0.15) is 13.3 Å². The summed E-state index contributed by atoms with van der Waals surface area (Å²) in [7, 11) is -1.77. The van der Waals surface area contributed by atoms with Gasteiger partial charge in [-0.15, -0.1) is 0 Å². The Morgan fingerprint density at radius 2 is 2.05 bits per heavy atom. The van der Waals surface area contributed by atoms with Gasteiger partial charge >= 0.3 is 6.18 Å². The fraction of sp³-hybridized carbons (Fsp3) is 0.900. The summed E-state index contributed by atoms with van der Waals surface area (Å²) in [5.74, 6) is -0.805. The van der Waals surface area contributed by atoms with Crippen LogP contribution in [0.15, 0.2) is 0 Å². The second-order valence-corrected chi connectivity index (χ2v) is 6.80. The van der Waals surface area contributed by atoms with E-state index in [0.29, 0.717) is 6.42 Å². The third-order valence-corrected chi connectivity index (χ3v) is 4.70. The number of nitrogens with zero attached hydrogens (tertiary/aromatic N) is 1. The maximum Gasteiger partial charge on any atom is 0.411 e. The van der Waals surface area contributed by atoms with Crippen LogP contribution in [0.5, 0.6) is 0 Å². The Balaban J connectivity index is 2.53. The van der Waals surface area contributed by atoms with Crippen molar-refractivity contribution in [3.05, 3.63) is 0 Å². The van der Waals surface area contributed by atoms with E-state index in [0.717, 1.165) is 4.90 Å². The van der Waals surface area contributed by atoms with Crippen molar-refractivity contribution in [1.82, 2.24) is 4.90 Å². The fourth-order valence-corrected chi connectivity index (χ4v) is 3.61. The van der Waals surface area contributed by atoms with Crippen molar-refractivity contribution >= 4 is 15.7 Å². The lowest BCUT2D eigenvalue weighted by Crippen LogP contribution is -2.44. The molecule has 2 atom stereocenters. The van der Waals surface area contributed by atoms with E-state index >= 15 is 0 Å². The summed E-state index contributed by atoms with van der Waals surface area (Å²) in [6, 6.07) is -0.491. The van der Waals surface area contributed by atoms with Crippen LogP contribution in [-0.4, -0.2) is 62.7 Å². The number of carbonyl (C=O) groups is 1. The molecule has 0 saturated carbocycles. The molecule has 0 radical (unpaired) electrons. The Kier molecular flexibility index (Phi) is 4.83. The standard InChI is InChI=1S/C10H16F3NO4S/c1-7(18-6-10(11,12)13)9(15)14(2)8-3-4-19(16,17)5-8/h7-8H,3-6H2,1-2H3/t7-,8-/m0/s1. The number of rotatable bonds is 4. The molecule has 112 valence electrons. The summed E-state index contributed by atoms with van der Waals surface area (Å²) in [6.45, 7) is -0.287. The molecular formula is C10H16F3NO4S. The first-order valence-electron chi connectivity index (χ1n) is 5.67. The van der Waals surface area contributed by atoms with Gasteiger partial charge in [-0.1, -0.05) is 0 Å². The van der Waals surface area contributed by atoms with Gasteiger partial charge in [0, 0.05) is 13.1 Å². The van der Waals surface area contributed by atoms with Crippen molar-refractivity contribution in [3.63, 3.8) is 0 Å². The quantitative estimate of drug-likeness (QED) is 0.763. The number of hydrogen-bond donors (Lipinski definition) is 0. The Morgan fingerprint density at radius 3 is 2.47 bits per heavy atom. The van der Waals surface area contributed by atoms with Crippen LogP contribution in [0.25, 0.3) is 0 Å². The second kappa shape index (κ2) is 5.66. The van der Waals surface area contributed by atoms with Crippen LogP contribution in [0, 0.1) is 0 Å². The van der Waals surface area contributed by atoms with E-state index in [1.54, 1.807) is 0 Å². The molecule has 0 bridgehead atoms.